The first-order valence-corrected chi connectivity index (χ1v) is 6.37. The highest BCUT2D eigenvalue weighted by Crippen LogP contribution is 2.11. The third-order valence-electron chi connectivity index (χ3n) is 2.67. The molecule has 0 unspecified atom stereocenters. The Morgan fingerprint density at radius 1 is 1.11 bits per heavy atom. The minimum Gasteiger partial charge on any atom is -0.494 e. The van der Waals surface area contributed by atoms with Crippen molar-refractivity contribution in [2.45, 2.75) is 12.8 Å². The standard InChI is InChI=1S/C15H17FN2O/c16-14-12-17-10-8-15(14)18-9-4-5-11-19-13-6-2-1-3-7-13/h1-3,6-8,10,12H,4-5,9,11H2,(H,17,18). The summed E-state index contributed by atoms with van der Waals surface area (Å²) in [6, 6.07) is 11.4. The summed E-state index contributed by atoms with van der Waals surface area (Å²) in [4.78, 5) is 3.70. The van der Waals surface area contributed by atoms with Gasteiger partial charge in [-0.3, -0.25) is 4.98 Å². The van der Waals surface area contributed by atoms with Crippen molar-refractivity contribution in [2.24, 2.45) is 0 Å². The molecule has 0 saturated carbocycles. The molecule has 1 aromatic heterocycles. The predicted octanol–water partition coefficient (Wildman–Crippen LogP) is 3.49. The first-order chi connectivity index (χ1) is 9.36. The van der Waals surface area contributed by atoms with Crippen molar-refractivity contribution in [3.05, 3.63) is 54.6 Å². The van der Waals surface area contributed by atoms with Crippen molar-refractivity contribution < 1.29 is 9.13 Å². The van der Waals surface area contributed by atoms with Crippen molar-refractivity contribution in [3.8, 4) is 5.75 Å². The van der Waals surface area contributed by atoms with E-state index in [1.807, 2.05) is 30.3 Å². The highest BCUT2D eigenvalue weighted by molar-refractivity contribution is 5.42. The Bertz CT molecular complexity index is 491. The maximum atomic E-state index is 13.2. The lowest BCUT2D eigenvalue weighted by Crippen LogP contribution is -2.06. The normalized spacial score (nSPS) is 10.2. The highest BCUT2D eigenvalue weighted by Gasteiger charge is 1.99. The van der Waals surface area contributed by atoms with E-state index in [9.17, 15) is 4.39 Å². The van der Waals surface area contributed by atoms with E-state index in [0.717, 1.165) is 25.1 Å². The number of hydrogen-bond acceptors (Lipinski definition) is 3. The topological polar surface area (TPSA) is 34.2 Å². The molecule has 0 bridgehead atoms. The quantitative estimate of drug-likeness (QED) is 0.774. The van der Waals surface area contributed by atoms with Gasteiger partial charge in [0.05, 0.1) is 18.5 Å². The van der Waals surface area contributed by atoms with Gasteiger partial charge in [0.1, 0.15) is 5.75 Å². The van der Waals surface area contributed by atoms with E-state index < -0.39 is 0 Å². The Kier molecular flexibility index (Phi) is 5.17. The predicted molar refractivity (Wildman–Crippen MR) is 73.9 cm³/mol. The molecule has 0 atom stereocenters. The second-order valence-corrected chi connectivity index (χ2v) is 4.15. The number of para-hydroxylation sites is 1. The lowest BCUT2D eigenvalue weighted by molar-refractivity contribution is 0.308. The Morgan fingerprint density at radius 3 is 2.74 bits per heavy atom. The van der Waals surface area contributed by atoms with Crippen LogP contribution in [0.1, 0.15) is 12.8 Å². The van der Waals surface area contributed by atoms with Crippen LogP contribution in [0.4, 0.5) is 10.1 Å². The molecule has 4 heteroatoms. The third kappa shape index (κ3) is 4.58. The molecule has 100 valence electrons. The second kappa shape index (κ2) is 7.36. The van der Waals surface area contributed by atoms with Crippen molar-refractivity contribution in [2.75, 3.05) is 18.5 Å². The van der Waals surface area contributed by atoms with Crippen molar-refractivity contribution in [3.63, 3.8) is 0 Å². The summed E-state index contributed by atoms with van der Waals surface area (Å²) >= 11 is 0. The number of pyridine rings is 1. The number of aromatic nitrogens is 1. The first-order valence-electron chi connectivity index (χ1n) is 6.37. The molecule has 3 nitrogen and oxygen atoms in total. The van der Waals surface area contributed by atoms with Crippen LogP contribution in [0, 0.1) is 5.82 Å². The summed E-state index contributed by atoms with van der Waals surface area (Å²) < 4.78 is 18.8. The Hall–Kier alpha value is -2.10. The van der Waals surface area contributed by atoms with Gasteiger partial charge in [-0.25, -0.2) is 4.39 Å². The van der Waals surface area contributed by atoms with Gasteiger partial charge in [-0.15, -0.1) is 0 Å². The van der Waals surface area contributed by atoms with E-state index in [4.69, 9.17) is 4.74 Å². The Balaban J connectivity index is 1.59. The Morgan fingerprint density at radius 2 is 1.95 bits per heavy atom. The van der Waals surface area contributed by atoms with Crippen molar-refractivity contribution in [1.82, 2.24) is 4.98 Å². The minimum atomic E-state index is -0.317. The van der Waals surface area contributed by atoms with Gasteiger partial charge >= 0.3 is 0 Å². The van der Waals surface area contributed by atoms with Crippen molar-refractivity contribution >= 4 is 5.69 Å². The van der Waals surface area contributed by atoms with Crippen LogP contribution >= 0.6 is 0 Å². The van der Waals surface area contributed by atoms with Crippen LogP contribution < -0.4 is 10.1 Å². The van der Waals surface area contributed by atoms with Crippen LogP contribution in [-0.2, 0) is 0 Å². The van der Waals surface area contributed by atoms with E-state index in [1.165, 1.54) is 6.20 Å². The first kappa shape index (κ1) is 13.3. The zero-order valence-electron chi connectivity index (χ0n) is 10.7. The molecule has 0 aliphatic carbocycles. The largest absolute Gasteiger partial charge is 0.494 e. The summed E-state index contributed by atoms with van der Waals surface area (Å²) in [5.41, 5.74) is 0.499. The Labute approximate surface area is 112 Å². The van der Waals surface area contributed by atoms with Gasteiger partial charge in [0.25, 0.3) is 0 Å². The molecule has 0 radical (unpaired) electrons. The minimum absolute atomic E-state index is 0.317. The van der Waals surface area contributed by atoms with Gasteiger partial charge in [-0.1, -0.05) is 18.2 Å². The van der Waals surface area contributed by atoms with E-state index in [0.29, 0.717) is 12.3 Å². The second-order valence-electron chi connectivity index (χ2n) is 4.15. The fraction of sp³-hybridized carbons (Fsp3) is 0.267. The summed E-state index contributed by atoms with van der Waals surface area (Å²) in [5, 5.41) is 3.04. The molecule has 2 aromatic rings. The van der Waals surface area contributed by atoms with E-state index in [1.54, 1.807) is 12.3 Å². The maximum absolute atomic E-state index is 13.2. The van der Waals surface area contributed by atoms with Crippen LogP contribution in [0.2, 0.25) is 0 Å². The number of rotatable bonds is 7. The summed E-state index contributed by atoms with van der Waals surface area (Å²) in [7, 11) is 0. The molecule has 0 amide bonds. The molecule has 1 heterocycles. The molecule has 0 aliphatic heterocycles. The lowest BCUT2D eigenvalue weighted by Gasteiger charge is -2.08. The number of hydrogen-bond donors (Lipinski definition) is 1. The van der Waals surface area contributed by atoms with Crippen LogP contribution in [-0.4, -0.2) is 18.1 Å². The molecule has 2 rings (SSSR count). The average molecular weight is 260 g/mol. The third-order valence-corrected chi connectivity index (χ3v) is 2.67. The molecule has 0 spiro atoms. The van der Waals surface area contributed by atoms with E-state index in [2.05, 4.69) is 10.3 Å². The van der Waals surface area contributed by atoms with E-state index in [-0.39, 0.29) is 5.82 Å². The lowest BCUT2D eigenvalue weighted by atomic mass is 10.3. The number of anilines is 1. The van der Waals surface area contributed by atoms with Crippen LogP contribution in [0.5, 0.6) is 5.75 Å². The molecule has 0 fully saturated rings. The summed E-state index contributed by atoms with van der Waals surface area (Å²) in [6.07, 6.45) is 4.63. The number of ether oxygens (including phenoxy) is 1. The number of unbranched alkanes of at least 4 members (excludes halogenated alkanes) is 1. The van der Waals surface area contributed by atoms with Gasteiger partial charge in [-0.2, -0.15) is 0 Å². The van der Waals surface area contributed by atoms with Gasteiger partial charge in [0.2, 0.25) is 0 Å². The van der Waals surface area contributed by atoms with E-state index >= 15 is 0 Å². The van der Waals surface area contributed by atoms with Gasteiger partial charge in [-0.05, 0) is 31.0 Å². The zero-order chi connectivity index (χ0) is 13.3. The molecular weight excluding hydrogens is 243 g/mol. The number of nitrogens with one attached hydrogen (secondary N) is 1. The zero-order valence-corrected chi connectivity index (χ0v) is 10.7. The fourth-order valence-corrected chi connectivity index (χ4v) is 1.68. The number of benzene rings is 1. The van der Waals surface area contributed by atoms with Crippen LogP contribution in [0.25, 0.3) is 0 Å². The molecule has 0 aliphatic rings. The highest BCUT2D eigenvalue weighted by atomic mass is 19.1. The maximum Gasteiger partial charge on any atom is 0.164 e. The van der Waals surface area contributed by atoms with Gasteiger partial charge in [0, 0.05) is 12.7 Å². The van der Waals surface area contributed by atoms with Gasteiger partial charge < -0.3 is 10.1 Å². The monoisotopic (exact) mass is 260 g/mol. The fourth-order valence-electron chi connectivity index (χ4n) is 1.68. The van der Waals surface area contributed by atoms with Gasteiger partial charge in [0.15, 0.2) is 5.82 Å². The number of halogens is 1. The van der Waals surface area contributed by atoms with Crippen LogP contribution in [0.3, 0.4) is 0 Å². The van der Waals surface area contributed by atoms with Crippen LogP contribution in [0.15, 0.2) is 48.8 Å². The number of nitrogens with zero attached hydrogens (tertiary/aromatic N) is 1. The SMILES string of the molecule is Fc1cnccc1NCCCCOc1ccccc1. The summed E-state index contributed by atoms with van der Waals surface area (Å²) in [5.74, 6) is 0.568. The van der Waals surface area contributed by atoms with Crippen molar-refractivity contribution in [1.29, 1.82) is 0 Å². The molecule has 1 aromatic carbocycles. The molecular formula is C15H17FN2O. The smallest absolute Gasteiger partial charge is 0.164 e. The molecule has 19 heavy (non-hydrogen) atoms. The molecule has 1 N–H and O–H groups in total. The average Bonchev–Trinajstić information content (AvgIpc) is 2.45. The molecule has 0 saturated heterocycles. The summed E-state index contributed by atoms with van der Waals surface area (Å²) in [6.45, 7) is 1.39.